The first-order chi connectivity index (χ1) is 9.45. The second kappa shape index (κ2) is 7.97. The van der Waals surface area contributed by atoms with Crippen LogP contribution >= 0.6 is 0 Å². The van der Waals surface area contributed by atoms with Crippen molar-refractivity contribution in [3.05, 3.63) is 39.4 Å². The van der Waals surface area contributed by atoms with E-state index in [2.05, 4.69) is 5.32 Å². The fourth-order valence-corrected chi connectivity index (χ4v) is 2.05. The molecule has 0 saturated heterocycles. The SMILES string of the molecule is CCC(O)CCNCc1ccc(C(C)C)c([N+](=O)[O-])c1. The van der Waals surface area contributed by atoms with Gasteiger partial charge in [0.25, 0.3) is 5.69 Å². The number of benzene rings is 1. The fourth-order valence-electron chi connectivity index (χ4n) is 2.05. The van der Waals surface area contributed by atoms with Crippen LogP contribution in [0.15, 0.2) is 18.2 Å². The lowest BCUT2D eigenvalue weighted by Crippen LogP contribution is -2.19. The zero-order valence-corrected chi connectivity index (χ0v) is 12.4. The van der Waals surface area contributed by atoms with Crippen LogP contribution < -0.4 is 5.32 Å². The van der Waals surface area contributed by atoms with Crippen molar-refractivity contribution < 1.29 is 10.0 Å². The molecular weight excluding hydrogens is 256 g/mol. The van der Waals surface area contributed by atoms with E-state index in [0.29, 0.717) is 19.5 Å². The molecule has 0 saturated carbocycles. The van der Waals surface area contributed by atoms with Crippen LogP contribution in [0.25, 0.3) is 0 Å². The van der Waals surface area contributed by atoms with Crippen molar-refractivity contribution in [3.63, 3.8) is 0 Å². The van der Waals surface area contributed by atoms with E-state index in [9.17, 15) is 15.2 Å². The van der Waals surface area contributed by atoms with Gasteiger partial charge in [-0.3, -0.25) is 10.1 Å². The third-order valence-electron chi connectivity index (χ3n) is 3.37. The van der Waals surface area contributed by atoms with Gasteiger partial charge in [0.2, 0.25) is 0 Å². The largest absolute Gasteiger partial charge is 0.393 e. The Morgan fingerprint density at radius 3 is 2.65 bits per heavy atom. The third kappa shape index (κ3) is 4.90. The molecule has 0 heterocycles. The van der Waals surface area contributed by atoms with E-state index >= 15 is 0 Å². The smallest absolute Gasteiger partial charge is 0.273 e. The van der Waals surface area contributed by atoms with Crippen LogP contribution in [0.1, 0.15) is 50.7 Å². The Bertz CT molecular complexity index is 447. The topological polar surface area (TPSA) is 75.4 Å². The van der Waals surface area contributed by atoms with Gasteiger partial charge in [-0.05, 0) is 30.9 Å². The fraction of sp³-hybridized carbons (Fsp3) is 0.600. The summed E-state index contributed by atoms with van der Waals surface area (Å²) in [6.45, 7) is 7.13. The first-order valence-electron chi connectivity index (χ1n) is 7.11. The van der Waals surface area contributed by atoms with Crippen molar-refractivity contribution in [3.8, 4) is 0 Å². The molecule has 112 valence electrons. The highest BCUT2D eigenvalue weighted by Gasteiger charge is 2.16. The number of aliphatic hydroxyl groups excluding tert-OH is 1. The number of nitrogens with zero attached hydrogens (tertiary/aromatic N) is 1. The molecule has 1 rings (SSSR count). The van der Waals surface area contributed by atoms with Crippen LogP contribution in [-0.2, 0) is 6.54 Å². The Morgan fingerprint density at radius 1 is 1.40 bits per heavy atom. The van der Waals surface area contributed by atoms with E-state index in [-0.39, 0.29) is 22.6 Å². The maximum atomic E-state index is 11.1. The maximum Gasteiger partial charge on any atom is 0.273 e. The molecule has 1 aromatic rings. The van der Waals surface area contributed by atoms with Gasteiger partial charge in [0.1, 0.15) is 0 Å². The number of aliphatic hydroxyl groups is 1. The van der Waals surface area contributed by atoms with Crippen molar-refractivity contribution in [1.29, 1.82) is 0 Å². The molecule has 0 aliphatic carbocycles. The molecule has 2 N–H and O–H groups in total. The lowest BCUT2D eigenvalue weighted by Gasteiger charge is -2.11. The molecule has 0 aromatic heterocycles. The molecule has 0 spiro atoms. The van der Waals surface area contributed by atoms with Crippen molar-refractivity contribution in [2.75, 3.05) is 6.54 Å². The van der Waals surface area contributed by atoms with Crippen LogP contribution in [0.5, 0.6) is 0 Å². The number of nitrogens with one attached hydrogen (secondary N) is 1. The Hall–Kier alpha value is -1.46. The third-order valence-corrected chi connectivity index (χ3v) is 3.37. The average Bonchev–Trinajstić information content (AvgIpc) is 2.42. The first-order valence-corrected chi connectivity index (χ1v) is 7.11. The van der Waals surface area contributed by atoms with Gasteiger partial charge in [0.05, 0.1) is 11.0 Å². The predicted molar refractivity (Wildman–Crippen MR) is 79.8 cm³/mol. The highest BCUT2D eigenvalue weighted by atomic mass is 16.6. The van der Waals surface area contributed by atoms with Crippen molar-refractivity contribution >= 4 is 5.69 Å². The normalized spacial score (nSPS) is 12.7. The first kappa shape index (κ1) is 16.6. The van der Waals surface area contributed by atoms with Gasteiger partial charge in [0, 0.05) is 18.2 Å². The summed E-state index contributed by atoms with van der Waals surface area (Å²) >= 11 is 0. The molecule has 0 fully saturated rings. The van der Waals surface area contributed by atoms with E-state index in [1.807, 2.05) is 32.9 Å². The van der Waals surface area contributed by atoms with Crippen LogP contribution in [-0.4, -0.2) is 22.7 Å². The van der Waals surface area contributed by atoms with E-state index in [4.69, 9.17) is 0 Å². The zero-order chi connectivity index (χ0) is 15.1. The van der Waals surface area contributed by atoms with E-state index in [1.165, 1.54) is 0 Å². The minimum Gasteiger partial charge on any atom is -0.393 e. The standard InChI is InChI=1S/C15H24N2O3/c1-4-13(18)7-8-16-10-12-5-6-14(11(2)3)15(9-12)17(19)20/h5-6,9,11,13,16,18H,4,7-8,10H2,1-3H3. The van der Waals surface area contributed by atoms with E-state index < -0.39 is 0 Å². The molecule has 0 aliphatic rings. The Balaban J connectivity index is 2.64. The molecule has 1 aromatic carbocycles. The molecule has 5 nitrogen and oxygen atoms in total. The second-order valence-electron chi connectivity index (χ2n) is 5.33. The number of nitro groups is 1. The van der Waals surface area contributed by atoms with Gasteiger partial charge in [-0.25, -0.2) is 0 Å². The molecular formula is C15H24N2O3. The second-order valence-corrected chi connectivity index (χ2v) is 5.33. The summed E-state index contributed by atoms with van der Waals surface area (Å²) in [5.74, 6) is 0.136. The zero-order valence-electron chi connectivity index (χ0n) is 12.4. The van der Waals surface area contributed by atoms with Crippen molar-refractivity contribution in [2.45, 2.75) is 52.2 Å². The highest BCUT2D eigenvalue weighted by Crippen LogP contribution is 2.27. The van der Waals surface area contributed by atoms with Crippen LogP contribution in [0, 0.1) is 10.1 Å². The molecule has 0 bridgehead atoms. The number of hydrogen-bond acceptors (Lipinski definition) is 4. The van der Waals surface area contributed by atoms with Gasteiger partial charge in [-0.1, -0.05) is 32.9 Å². The van der Waals surface area contributed by atoms with Gasteiger partial charge >= 0.3 is 0 Å². The van der Waals surface area contributed by atoms with E-state index in [1.54, 1.807) is 6.07 Å². The molecule has 1 atom stereocenters. The van der Waals surface area contributed by atoms with Crippen molar-refractivity contribution in [1.82, 2.24) is 5.32 Å². The van der Waals surface area contributed by atoms with Crippen molar-refractivity contribution in [2.24, 2.45) is 0 Å². The van der Waals surface area contributed by atoms with Gasteiger partial charge < -0.3 is 10.4 Å². The monoisotopic (exact) mass is 280 g/mol. The number of nitro benzene ring substituents is 1. The quantitative estimate of drug-likeness (QED) is 0.436. The highest BCUT2D eigenvalue weighted by molar-refractivity contribution is 5.45. The van der Waals surface area contributed by atoms with Crippen LogP contribution in [0.4, 0.5) is 5.69 Å². The van der Waals surface area contributed by atoms with Crippen LogP contribution in [0.2, 0.25) is 0 Å². The summed E-state index contributed by atoms with van der Waals surface area (Å²) in [5.41, 5.74) is 1.85. The molecule has 20 heavy (non-hydrogen) atoms. The molecule has 1 unspecified atom stereocenters. The minimum atomic E-state index is -0.320. The molecule has 0 amide bonds. The lowest BCUT2D eigenvalue weighted by molar-refractivity contribution is -0.385. The number of hydrogen-bond donors (Lipinski definition) is 2. The van der Waals surface area contributed by atoms with Crippen LogP contribution in [0.3, 0.4) is 0 Å². The Labute approximate surface area is 120 Å². The summed E-state index contributed by atoms with van der Waals surface area (Å²) in [6.07, 6.45) is 1.17. The maximum absolute atomic E-state index is 11.1. The summed E-state index contributed by atoms with van der Waals surface area (Å²) in [4.78, 5) is 10.8. The summed E-state index contributed by atoms with van der Waals surface area (Å²) < 4.78 is 0. The Kier molecular flexibility index (Phi) is 6.61. The predicted octanol–water partition coefficient (Wildman–Crippen LogP) is 2.97. The molecule has 0 radical (unpaired) electrons. The minimum absolute atomic E-state index is 0.136. The lowest BCUT2D eigenvalue weighted by atomic mass is 9.99. The van der Waals surface area contributed by atoms with Gasteiger partial charge in [-0.2, -0.15) is 0 Å². The van der Waals surface area contributed by atoms with Gasteiger partial charge in [0.15, 0.2) is 0 Å². The van der Waals surface area contributed by atoms with Gasteiger partial charge in [-0.15, -0.1) is 0 Å². The Morgan fingerprint density at radius 2 is 2.10 bits per heavy atom. The summed E-state index contributed by atoms with van der Waals surface area (Å²) in [5, 5.41) is 23.7. The molecule has 5 heteroatoms. The summed E-state index contributed by atoms with van der Waals surface area (Å²) in [6, 6.07) is 5.39. The number of rotatable bonds is 8. The average molecular weight is 280 g/mol. The molecule has 0 aliphatic heterocycles. The van der Waals surface area contributed by atoms with E-state index in [0.717, 1.165) is 17.5 Å². The summed E-state index contributed by atoms with van der Waals surface area (Å²) in [7, 11) is 0.